The Kier molecular flexibility index (Phi) is 5.58. The van der Waals surface area contributed by atoms with Crippen LogP contribution in [0.5, 0.6) is 0 Å². The van der Waals surface area contributed by atoms with Crippen molar-refractivity contribution in [1.29, 1.82) is 0 Å². The Morgan fingerprint density at radius 1 is 1.23 bits per heavy atom. The molecule has 0 unspecified atom stereocenters. The van der Waals surface area contributed by atoms with Crippen LogP contribution < -0.4 is 0 Å². The maximum atomic E-state index is 12.0. The number of benzene rings is 1. The Hall–Kier alpha value is -1.40. The molecule has 1 saturated carbocycles. The highest BCUT2D eigenvalue weighted by Gasteiger charge is 2.36. The Balaban J connectivity index is 1.78. The summed E-state index contributed by atoms with van der Waals surface area (Å²) in [7, 11) is -3.72. The Bertz CT molecular complexity index is 600. The van der Waals surface area contributed by atoms with Crippen molar-refractivity contribution >= 4 is 16.1 Å². The number of esters is 1. The van der Waals surface area contributed by atoms with E-state index >= 15 is 0 Å². The molecule has 5 nitrogen and oxygen atoms in total. The minimum absolute atomic E-state index is 0.0967. The molecule has 1 fully saturated rings. The van der Waals surface area contributed by atoms with Crippen LogP contribution in [0.25, 0.3) is 0 Å². The van der Waals surface area contributed by atoms with Crippen molar-refractivity contribution in [3.05, 3.63) is 29.8 Å². The zero-order chi connectivity index (χ0) is 16.2. The van der Waals surface area contributed by atoms with Gasteiger partial charge in [0.1, 0.15) is 0 Å². The summed E-state index contributed by atoms with van der Waals surface area (Å²) in [4.78, 5) is 11.8. The van der Waals surface area contributed by atoms with Crippen molar-refractivity contribution in [2.24, 2.45) is 11.8 Å². The lowest BCUT2D eigenvalue weighted by atomic mass is 9.75. The summed E-state index contributed by atoms with van der Waals surface area (Å²) in [6.45, 7) is 4.40. The van der Waals surface area contributed by atoms with E-state index in [-0.39, 0.29) is 29.3 Å². The van der Waals surface area contributed by atoms with Crippen LogP contribution in [0.15, 0.2) is 29.2 Å². The fourth-order valence-corrected chi connectivity index (χ4v) is 3.32. The van der Waals surface area contributed by atoms with E-state index in [4.69, 9.17) is 8.92 Å². The lowest BCUT2D eigenvalue weighted by molar-refractivity contribution is -0.153. The largest absolute Gasteiger partial charge is 0.465 e. The van der Waals surface area contributed by atoms with Crippen molar-refractivity contribution in [2.75, 3.05) is 13.2 Å². The SMILES string of the molecule is CCCOC(=O)C1CC(COS(=O)(=O)c2ccc(C)cc2)C1. The minimum Gasteiger partial charge on any atom is -0.465 e. The van der Waals surface area contributed by atoms with Gasteiger partial charge in [0, 0.05) is 0 Å². The predicted octanol–water partition coefficient (Wildman–Crippen LogP) is 2.68. The van der Waals surface area contributed by atoms with Gasteiger partial charge in [-0.2, -0.15) is 8.42 Å². The van der Waals surface area contributed by atoms with Crippen LogP contribution in [-0.2, 0) is 23.8 Å². The van der Waals surface area contributed by atoms with E-state index in [1.54, 1.807) is 12.1 Å². The normalized spacial score (nSPS) is 21.2. The molecule has 0 atom stereocenters. The first-order valence-electron chi connectivity index (χ1n) is 7.55. The lowest BCUT2D eigenvalue weighted by Crippen LogP contribution is -2.35. The molecule has 0 saturated heterocycles. The summed E-state index contributed by atoms with van der Waals surface area (Å²) in [5.41, 5.74) is 0.992. The number of ether oxygens (including phenoxy) is 1. The average Bonchev–Trinajstić information content (AvgIpc) is 2.43. The third-order valence-corrected chi connectivity index (χ3v) is 5.08. The van der Waals surface area contributed by atoms with Gasteiger partial charge in [0.15, 0.2) is 0 Å². The van der Waals surface area contributed by atoms with Crippen LogP contribution in [0.3, 0.4) is 0 Å². The highest BCUT2D eigenvalue weighted by Crippen LogP contribution is 2.35. The molecule has 0 aromatic heterocycles. The van der Waals surface area contributed by atoms with Crippen molar-refractivity contribution in [3.8, 4) is 0 Å². The summed E-state index contributed by atoms with van der Waals surface area (Å²) in [6.07, 6.45) is 2.07. The quantitative estimate of drug-likeness (QED) is 0.569. The van der Waals surface area contributed by atoms with E-state index in [0.29, 0.717) is 19.4 Å². The topological polar surface area (TPSA) is 69.7 Å². The number of hydrogen-bond acceptors (Lipinski definition) is 5. The molecule has 22 heavy (non-hydrogen) atoms. The molecular formula is C16H22O5S. The van der Waals surface area contributed by atoms with Crippen LogP contribution in [0.1, 0.15) is 31.7 Å². The first-order chi connectivity index (χ1) is 10.4. The highest BCUT2D eigenvalue weighted by atomic mass is 32.2. The summed E-state index contributed by atoms with van der Waals surface area (Å²) < 4.78 is 34.2. The van der Waals surface area contributed by atoms with E-state index in [9.17, 15) is 13.2 Å². The number of aryl methyl sites for hydroxylation is 1. The molecule has 122 valence electrons. The molecule has 1 aliphatic carbocycles. The second kappa shape index (κ2) is 7.24. The molecule has 0 radical (unpaired) electrons. The molecule has 1 aromatic rings. The molecule has 6 heteroatoms. The van der Waals surface area contributed by atoms with Gasteiger partial charge in [-0.05, 0) is 44.2 Å². The van der Waals surface area contributed by atoms with Gasteiger partial charge >= 0.3 is 5.97 Å². The highest BCUT2D eigenvalue weighted by molar-refractivity contribution is 7.86. The van der Waals surface area contributed by atoms with Gasteiger partial charge in [-0.1, -0.05) is 24.6 Å². The first-order valence-corrected chi connectivity index (χ1v) is 8.96. The molecule has 2 rings (SSSR count). The smallest absolute Gasteiger partial charge is 0.308 e. The van der Waals surface area contributed by atoms with E-state index < -0.39 is 10.1 Å². The van der Waals surface area contributed by atoms with Crippen molar-refractivity contribution in [1.82, 2.24) is 0 Å². The molecule has 0 aliphatic heterocycles. The monoisotopic (exact) mass is 326 g/mol. The number of carbonyl (C=O) groups is 1. The van der Waals surface area contributed by atoms with Gasteiger partial charge < -0.3 is 4.74 Å². The van der Waals surface area contributed by atoms with Gasteiger partial charge in [-0.25, -0.2) is 0 Å². The van der Waals surface area contributed by atoms with Crippen LogP contribution in [0.2, 0.25) is 0 Å². The van der Waals surface area contributed by atoms with E-state index in [2.05, 4.69) is 0 Å². The third kappa shape index (κ3) is 4.30. The van der Waals surface area contributed by atoms with E-state index in [0.717, 1.165) is 12.0 Å². The standard InChI is InChI=1S/C16H22O5S/c1-3-8-20-16(17)14-9-13(10-14)11-21-22(18,19)15-6-4-12(2)5-7-15/h4-7,13-14H,3,8-11H2,1-2H3. The Morgan fingerprint density at radius 2 is 1.86 bits per heavy atom. The predicted molar refractivity (Wildman–Crippen MR) is 81.8 cm³/mol. The third-order valence-electron chi connectivity index (χ3n) is 3.79. The maximum Gasteiger partial charge on any atom is 0.308 e. The van der Waals surface area contributed by atoms with Gasteiger partial charge in [-0.15, -0.1) is 0 Å². The summed E-state index contributed by atoms with van der Waals surface area (Å²) >= 11 is 0. The van der Waals surface area contributed by atoms with Crippen LogP contribution in [0.4, 0.5) is 0 Å². The number of rotatable bonds is 7. The van der Waals surface area contributed by atoms with Gasteiger partial charge in [-0.3, -0.25) is 8.98 Å². The summed E-state index contributed by atoms with van der Waals surface area (Å²) in [5, 5.41) is 0. The number of carbonyl (C=O) groups excluding carboxylic acids is 1. The van der Waals surface area contributed by atoms with Gasteiger partial charge in [0.25, 0.3) is 10.1 Å². The van der Waals surface area contributed by atoms with Crippen LogP contribution >= 0.6 is 0 Å². The lowest BCUT2D eigenvalue weighted by Gasteiger charge is -2.32. The molecule has 0 spiro atoms. The fraction of sp³-hybridized carbons (Fsp3) is 0.562. The maximum absolute atomic E-state index is 12.0. The van der Waals surface area contributed by atoms with E-state index in [1.807, 2.05) is 13.8 Å². The zero-order valence-electron chi connectivity index (χ0n) is 12.9. The van der Waals surface area contributed by atoms with Crippen molar-refractivity contribution in [2.45, 2.75) is 38.0 Å². The summed E-state index contributed by atoms with van der Waals surface area (Å²) in [5.74, 6) is -0.193. The van der Waals surface area contributed by atoms with Gasteiger partial charge in [0.05, 0.1) is 24.0 Å². The van der Waals surface area contributed by atoms with Crippen molar-refractivity contribution in [3.63, 3.8) is 0 Å². The molecule has 1 aliphatic rings. The molecule has 0 amide bonds. The Morgan fingerprint density at radius 3 is 2.45 bits per heavy atom. The average molecular weight is 326 g/mol. The zero-order valence-corrected chi connectivity index (χ0v) is 13.8. The van der Waals surface area contributed by atoms with Crippen LogP contribution in [-0.4, -0.2) is 27.6 Å². The number of hydrogen-bond donors (Lipinski definition) is 0. The van der Waals surface area contributed by atoms with Gasteiger partial charge in [0.2, 0.25) is 0 Å². The van der Waals surface area contributed by atoms with Crippen LogP contribution in [0, 0.1) is 18.8 Å². The fourth-order valence-electron chi connectivity index (χ4n) is 2.34. The summed E-state index contributed by atoms with van der Waals surface area (Å²) in [6, 6.07) is 6.55. The molecule has 1 aromatic carbocycles. The Labute approximate surface area is 131 Å². The second-order valence-corrected chi connectivity index (χ2v) is 7.37. The molecule has 0 heterocycles. The minimum atomic E-state index is -3.72. The molecular weight excluding hydrogens is 304 g/mol. The first kappa shape index (κ1) is 17.0. The van der Waals surface area contributed by atoms with Crippen molar-refractivity contribution < 1.29 is 22.1 Å². The molecule has 0 N–H and O–H groups in total. The van der Waals surface area contributed by atoms with E-state index in [1.165, 1.54) is 12.1 Å². The molecule has 0 bridgehead atoms. The second-order valence-electron chi connectivity index (χ2n) is 5.75.